The predicted molar refractivity (Wildman–Crippen MR) is 80.4 cm³/mol. The van der Waals surface area contributed by atoms with Crippen LogP contribution in [-0.4, -0.2) is 24.2 Å². The SMILES string of the molecule is CC(C)CCN(CCC(=O)O)c1cc(Cl)cc(Cl)c1. The molecule has 0 unspecified atom stereocenters. The van der Waals surface area contributed by atoms with Crippen LogP contribution in [0.2, 0.25) is 10.0 Å². The van der Waals surface area contributed by atoms with E-state index >= 15 is 0 Å². The van der Waals surface area contributed by atoms with Crippen LogP contribution in [0.4, 0.5) is 5.69 Å². The zero-order chi connectivity index (χ0) is 14.4. The van der Waals surface area contributed by atoms with E-state index in [4.69, 9.17) is 28.3 Å². The third-order valence-corrected chi connectivity index (χ3v) is 3.22. The van der Waals surface area contributed by atoms with Crippen LogP contribution in [0.1, 0.15) is 26.7 Å². The Kier molecular flexibility index (Phi) is 6.46. The molecule has 0 bridgehead atoms. The van der Waals surface area contributed by atoms with Crippen LogP contribution in [0.15, 0.2) is 18.2 Å². The van der Waals surface area contributed by atoms with Crippen LogP contribution >= 0.6 is 23.2 Å². The van der Waals surface area contributed by atoms with Gasteiger partial charge in [0.25, 0.3) is 0 Å². The molecule has 106 valence electrons. The van der Waals surface area contributed by atoms with E-state index in [-0.39, 0.29) is 6.42 Å². The van der Waals surface area contributed by atoms with Crippen LogP contribution in [0.25, 0.3) is 0 Å². The van der Waals surface area contributed by atoms with E-state index in [0.29, 0.717) is 22.5 Å². The molecule has 1 rings (SSSR count). The molecule has 1 aromatic carbocycles. The predicted octanol–water partition coefficient (Wildman–Crippen LogP) is 4.32. The lowest BCUT2D eigenvalue weighted by Gasteiger charge is -2.25. The topological polar surface area (TPSA) is 40.5 Å². The number of anilines is 1. The fourth-order valence-corrected chi connectivity index (χ4v) is 2.25. The summed E-state index contributed by atoms with van der Waals surface area (Å²) < 4.78 is 0. The van der Waals surface area contributed by atoms with Crippen molar-refractivity contribution in [1.82, 2.24) is 0 Å². The molecule has 0 aromatic heterocycles. The highest BCUT2D eigenvalue weighted by atomic mass is 35.5. The van der Waals surface area contributed by atoms with Crippen molar-refractivity contribution < 1.29 is 9.90 Å². The molecular formula is C14H19Cl2NO2. The van der Waals surface area contributed by atoms with E-state index in [2.05, 4.69) is 13.8 Å². The van der Waals surface area contributed by atoms with Crippen molar-refractivity contribution in [3.8, 4) is 0 Å². The number of hydrogen-bond donors (Lipinski definition) is 1. The van der Waals surface area contributed by atoms with Gasteiger partial charge in [-0.25, -0.2) is 0 Å². The summed E-state index contributed by atoms with van der Waals surface area (Å²) in [5, 5.41) is 9.94. The lowest BCUT2D eigenvalue weighted by Crippen LogP contribution is -2.28. The second-order valence-corrected chi connectivity index (χ2v) is 5.81. The van der Waals surface area contributed by atoms with Crippen molar-refractivity contribution in [1.29, 1.82) is 0 Å². The first kappa shape index (κ1) is 16.1. The number of carboxylic acid groups (broad SMARTS) is 1. The highest BCUT2D eigenvalue weighted by Gasteiger charge is 2.11. The third kappa shape index (κ3) is 6.17. The Labute approximate surface area is 124 Å². The van der Waals surface area contributed by atoms with E-state index < -0.39 is 5.97 Å². The second-order valence-electron chi connectivity index (χ2n) is 4.94. The highest BCUT2D eigenvalue weighted by molar-refractivity contribution is 6.35. The standard InChI is InChI=1S/C14H19Cl2NO2/c1-10(2)3-5-17(6-4-14(18)19)13-8-11(15)7-12(16)9-13/h7-10H,3-6H2,1-2H3,(H,18,19). The summed E-state index contributed by atoms with van der Waals surface area (Å²) in [6, 6.07) is 5.30. The maximum Gasteiger partial charge on any atom is 0.305 e. The van der Waals surface area contributed by atoms with Crippen molar-refractivity contribution in [3.05, 3.63) is 28.2 Å². The van der Waals surface area contributed by atoms with Crippen molar-refractivity contribution >= 4 is 34.9 Å². The van der Waals surface area contributed by atoms with Gasteiger partial charge in [0.1, 0.15) is 0 Å². The van der Waals surface area contributed by atoms with Gasteiger partial charge in [-0.15, -0.1) is 0 Å². The van der Waals surface area contributed by atoms with Crippen molar-refractivity contribution in [3.63, 3.8) is 0 Å². The van der Waals surface area contributed by atoms with Crippen LogP contribution in [0.5, 0.6) is 0 Å². The number of aliphatic carboxylic acids is 1. The van der Waals surface area contributed by atoms with Crippen molar-refractivity contribution in [2.45, 2.75) is 26.7 Å². The number of benzene rings is 1. The number of carbonyl (C=O) groups is 1. The quantitative estimate of drug-likeness (QED) is 0.815. The summed E-state index contributed by atoms with van der Waals surface area (Å²) in [7, 11) is 0. The molecule has 0 aliphatic rings. The Morgan fingerprint density at radius 3 is 2.26 bits per heavy atom. The maximum absolute atomic E-state index is 10.7. The monoisotopic (exact) mass is 303 g/mol. The molecular weight excluding hydrogens is 285 g/mol. The highest BCUT2D eigenvalue weighted by Crippen LogP contribution is 2.26. The molecule has 0 aliphatic carbocycles. The van der Waals surface area contributed by atoms with E-state index in [1.165, 1.54) is 0 Å². The number of hydrogen-bond acceptors (Lipinski definition) is 2. The molecule has 1 aromatic rings. The van der Waals surface area contributed by atoms with Gasteiger partial charge in [0.15, 0.2) is 0 Å². The number of carboxylic acids is 1. The van der Waals surface area contributed by atoms with Gasteiger partial charge in [-0.05, 0) is 30.5 Å². The first-order valence-electron chi connectivity index (χ1n) is 6.31. The second kappa shape index (κ2) is 7.61. The summed E-state index contributed by atoms with van der Waals surface area (Å²) >= 11 is 12.0. The van der Waals surface area contributed by atoms with Crippen molar-refractivity contribution in [2.75, 3.05) is 18.0 Å². The van der Waals surface area contributed by atoms with Gasteiger partial charge in [0, 0.05) is 28.8 Å². The molecule has 0 radical (unpaired) electrons. The minimum atomic E-state index is -0.803. The summed E-state index contributed by atoms with van der Waals surface area (Å²) in [4.78, 5) is 12.7. The van der Waals surface area contributed by atoms with Gasteiger partial charge in [-0.1, -0.05) is 37.0 Å². The third-order valence-electron chi connectivity index (χ3n) is 2.78. The van der Waals surface area contributed by atoms with Gasteiger partial charge in [-0.2, -0.15) is 0 Å². The average molecular weight is 304 g/mol. The number of halogens is 2. The molecule has 0 saturated carbocycles. The Bertz CT molecular complexity index is 415. The van der Waals surface area contributed by atoms with E-state index in [1.54, 1.807) is 6.07 Å². The Balaban J connectivity index is 2.83. The van der Waals surface area contributed by atoms with Crippen LogP contribution in [0, 0.1) is 5.92 Å². The first-order chi connectivity index (χ1) is 8.88. The zero-order valence-corrected chi connectivity index (χ0v) is 12.7. The summed E-state index contributed by atoms with van der Waals surface area (Å²) in [5.41, 5.74) is 0.874. The van der Waals surface area contributed by atoms with Gasteiger partial charge in [0.05, 0.1) is 6.42 Å². The molecule has 19 heavy (non-hydrogen) atoms. The maximum atomic E-state index is 10.7. The zero-order valence-electron chi connectivity index (χ0n) is 11.2. The molecule has 0 atom stereocenters. The average Bonchev–Trinajstić information content (AvgIpc) is 2.26. The van der Waals surface area contributed by atoms with Gasteiger partial charge >= 0.3 is 5.97 Å². The summed E-state index contributed by atoms with van der Waals surface area (Å²) in [6.45, 7) is 5.53. The van der Waals surface area contributed by atoms with Gasteiger partial charge in [-0.3, -0.25) is 4.79 Å². The van der Waals surface area contributed by atoms with Crippen LogP contribution in [-0.2, 0) is 4.79 Å². The van der Waals surface area contributed by atoms with Crippen LogP contribution in [0.3, 0.4) is 0 Å². The fraction of sp³-hybridized carbons (Fsp3) is 0.500. The first-order valence-corrected chi connectivity index (χ1v) is 7.07. The van der Waals surface area contributed by atoms with E-state index in [0.717, 1.165) is 18.7 Å². The molecule has 0 saturated heterocycles. The smallest absolute Gasteiger partial charge is 0.305 e. The summed E-state index contributed by atoms with van der Waals surface area (Å²) in [5.74, 6) is -0.246. The Morgan fingerprint density at radius 1 is 1.21 bits per heavy atom. The minimum Gasteiger partial charge on any atom is -0.481 e. The molecule has 1 N–H and O–H groups in total. The van der Waals surface area contributed by atoms with Crippen molar-refractivity contribution in [2.24, 2.45) is 5.92 Å². The minimum absolute atomic E-state index is 0.0994. The Morgan fingerprint density at radius 2 is 1.79 bits per heavy atom. The number of nitrogens with zero attached hydrogens (tertiary/aromatic N) is 1. The molecule has 5 heteroatoms. The molecule has 0 spiro atoms. The normalized spacial score (nSPS) is 10.8. The molecule has 0 aliphatic heterocycles. The Hall–Kier alpha value is -0.930. The molecule has 3 nitrogen and oxygen atoms in total. The van der Waals surface area contributed by atoms with E-state index in [9.17, 15) is 4.79 Å². The largest absolute Gasteiger partial charge is 0.481 e. The lowest BCUT2D eigenvalue weighted by atomic mass is 10.1. The van der Waals surface area contributed by atoms with Crippen LogP contribution < -0.4 is 4.90 Å². The lowest BCUT2D eigenvalue weighted by molar-refractivity contribution is -0.136. The van der Waals surface area contributed by atoms with Gasteiger partial charge < -0.3 is 10.0 Å². The molecule has 0 amide bonds. The molecule has 0 heterocycles. The molecule has 0 fully saturated rings. The number of rotatable bonds is 7. The summed E-state index contributed by atoms with van der Waals surface area (Å²) in [6.07, 6.45) is 1.09. The van der Waals surface area contributed by atoms with E-state index in [1.807, 2.05) is 17.0 Å². The fourth-order valence-electron chi connectivity index (χ4n) is 1.74. The van der Waals surface area contributed by atoms with Gasteiger partial charge in [0.2, 0.25) is 0 Å².